The molecule has 2 nitrogen and oxygen atoms in total. The molecule has 0 atom stereocenters. The second-order valence-corrected chi connectivity index (χ2v) is 5.08. The van der Waals surface area contributed by atoms with Crippen LogP contribution in [0.1, 0.15) is 16.7 Å². The van der Waals surface area contributed by atoms with Crippen LogP contribution in [0.4, 0.5) is 13.2 Å². The van der Waals surface area contributed by atoms with Crippen LogP contribution in [0.3, 0.4) is 0 Å². The predicted molar refractivity (Wildman–Crippen MR) is 78.6 cm³/mol. The van der Waals surface area contributed by atoms with Gasteiger partial charge < -0.3 is 10.1 Å². The molecule has 2 aromatic rings. The molecule has 2 N–H and O–H groups in total. The first-order valence-electron chi connectivity index (χ1n) is 7.10. The summed E-state index contributed by atoms with van der Waals surface area (Å²) in [6.45, 7) is 1.34. The van der Waals surface area contributed by atoms with E-state index >= 15 is 0 Å². The minimum Gasteiger partial charge on any atom is -0.497 e. The second-order valence-electron chi connectivity index (χ2n) is 5.08. The Hall–Kier alpha value is -2.01. The van der Waals surface area contributed by atoms with Gasteiger partial charge in [0.15, 0.2) is 0 Å². The molecule has 0 aliphatic heterocycles. The molecule has 0 spiro atoms. The summed E-state index contributed by atoms with van der Waals surface area (Å²) >= 11 is 0. The van der Waals surface area contributed by atoms with Crippen molar-refractivity contribution in [1.82, 2.24) is 0 Å². The van der Waals surface area contributed by atoms with Crippen LogP contribution in [-0.2, 0) is 19.1 Å². The van der Waals surface area contributed by atoms with Gasteiger partial charge in [0.2, 0.25) is 0 Å². The van der Waals surface area contributed by atoms with Crippen molar-refractivity contribution < 1.29 is 23.2 Å². The molecule has 118 valence electrons. The lowest BCUT2D eigenvalue weighted by molar-refractivity contribution is -0.670. The monoisotopic (exact) mass is 310 g/mol. The highest BCUT2D eigenvalue weighted by Gasteiger charge is 2.30. The van der Waals surface area contributed by atoms with Gasteiger partial charge in [-0.05, 0) is 29.8 Å². The number of quaternary nitrogens is 1. The molecule has 2 aromatic carbocycles. The number of rotatable bonds is 6. The van der Waals surface area contributed by atoms with E-state index in [4.69, 9.17) is 4.74 Å². The minimum atomic E-state index is -4.28. The highest BCUT2D eigenvalue weighted by molar-refractivity contribution is 5.28. The van der Waals surface area contributed by atoms with Crippen molar-refractivity contribution in [3.63, 3.8) is 0 Å². The van der Waals surface area contributed by atoms with Crippen molar-refractivity contribution in [3.05, 3.63) is 65.2 Å². The molecule has 0 bridgehead atoms. The molecule has 5 heteroatoms. The number of ether oxygens (including phenoxy) is 1. The summed E-state index contributed by atoms with van der Waals surface area (Å²) in [5.74, 6) is 0.815. The number of alkyl halides is 3. The van der Waals surface area contributed by atoms with Crippen molar-refractivity contribution >= 4 is 0 Å². The summed E-state index contributed by atoms with van der Waals surface area (Å²) < 4.78 is 43.0. The molecule has 0 heterocycles. The predicted octanol–water partition coefficient (Wildman–Crippen LogP) is 3.02. The van der Waals surface area contributed by atoms with Crippen LogP contribution in [0.2, 0.25) is 0 Å². The van der Waals surface area contributed by atoms with Crippen molar-refractivity contribution in [2.45, 2.75) is 19.1 Å². The zero-order valence-corrected chi connectivity index (χ0v) is 12.4. The fourth-order valence-corrected chi connectivity index (χ4v) is 2.24. The van der Waals surface area contributed by atoms with E-state index in [1.807, 2.05) is 29.6 Å². The van der Waals surface area contributed by atoms with Crippen LogP contribution in [0.5, 0.6) is 5.75 Å². The number of benzene rings is 2. The molecule has 0 saturated heterocycles. The largest absolute Gasteiger partial charge is 0.497 e. The third-order valence-corrected chi connectivity index (χ3v) is 3.41. The fourth-order valence-electron chi connectivity index (χ4n) is 2.24. The van der Waals surface area contributed by atoms with E-state index in [0.29, 0.717) is 12.1 Å². The first kappa shape index (κ1) is 16.4. The zero-order valence-electron chi connectivity index (χ0n) is 12.4. The number of methoxy groups -OCH3 is 1. The Morgan fingerprint density at radius 2 is 1.73 bits per heavy atom. The van der Waals surface area contributed by atoms with Crippen molar-refractivity contribution in [1.29, 1.82) is 0 Å². The summed E-state index contributed by atoms with van der Waals surface area (Å²) in [7, 11) is 1.62. The molecule has 0 aliphatic rings. The van der Waals surface area contributed by atoms with E-state index in [0.717, 1.165) is 30.3 Å². The van der Waals surface area contributed by atoms with Crippen molar-refractivity contribution in [2.24, 2.45) is 0 Å². The molecular weight excluding hydrogens is 291 g/mol. The topological polar surface area (TPSA) is 25.8 Å². The standard InChI is InChI=1S/C17H18F3NO/c1-22-16-7-3-4-13(11-16)8-9-21-12-14-5-2-6-15(10-14)17(18,19)20/h2-7,10-11,21H,8-9,12H2,1H3/p+1. The lowest BCUT2D eigenvalue weighted by Crippen LogP contribution is -2.83. The van der Waals surface area contributed by atoms with Gasteiger partial charge in [-0.25, -0.2) is 0 Å². The SMILES string of the molecule is COc1cccc(CC[NH2+]Cc2cccc(C(F)(F)F)c2)c1. The van der Waals surface area contributed by atoms with Gasteiger partial charge in [-0.2, -0.15) is 13.2 Å². The van der Waals surface area contributed by atoms with E-state index in [-0.39, 0.29) is 0 Å². The number of halogens is 3. The maximum Gasteiger partial charge on any atom is 0.416 e. The van der Waals surface area contributed by atoms with E-state index < -0.39 is 11.7 Å². The molecule has 22 heavy (non-hydrogen) atoms. The molecule has 0 saturated carbocycles. The molecular formula is C17H19F3NO+. The maximum atomic E-state index is 12.6. The molecule has 0 fully saturated rings. The quantitative estimate of drug-likeness (QED) is 0.816. The molecule has 0 radical (unpaired) electrons. The van der Waals surface area contributed by atoms with Gasteiger partial charge in [0.05, 0.1) is 19.2 Å². The van der Waals surface area contributed by atoms with Crippen LogP contribution in [0.15, 0.2) is 48.5 Å². The summed E-state index contributed by atoms with van der Waals surface area (Å²) in [5.41, 5.74) is 1.24. The second kappa shape index (κ2) is 7.31. The Morgan fingerprint density at radius 1 is 1.00 bits per heavy atom. The van der Waals surface area contributed by atoms with E-state index in [9.17, 15) is 13.2 Å². The van der Waals surface area contributed by atoms with Gasteiger partial charge in [-0.1, -0.05) is 24.3 Å². The number of hydrogen-bond acceptors (Lipinski definition) is 1. The van der Waals surface area contributed by atoms with Crippen molar-refractivity contribution in [3.8, 4) is 5.75 Å². The third-order valence-electron chi connectivity index (χ3n) is 3.41. The number of nitrogens with two attached hydrogens (primary N) is 1. The maximum absolute atomic E-state index is 12.6. The molecule has 0 aromatic heterocycles. The normalized spacial score (nSPS) is 11.5. The Morgan fingerprint density at radius 3 is 2.45 bits per heavy atom. The Labute approximate surface area is 127 Å². The third kappa shape index (κ3) is 4.77. The summed E-state index contributed by atoms with van der Waals surface area (Å²) in [4.78, 5) is 0. The van der Waals surface area contributed by atoms with E-state index in [1.165, 1.54) is 12.1 Å². The lowest BCUT2D eigenvalue weighted by atomic mass is 10.1. The Balaban J connectivity index is 1.84. The smallest absolute Gasteiger partial charge is 0.416 e. The summed E-state index contributed by atoms with van der Waals surface area (Å²) in [6.07, 6.45) is -3.44. The van der Waals surface area contributed by atoms with Gasteiger partial charge in [-0.3, -0.25) is 0 Å². The highest BCUT2D eigenvalue weighted by atomic mass is 19.4. The first-order chi connectivity index (χ1) is 10.5. The van der Waals surface area contributed by atoms with Gasteiger partial charge in [-0.15, -0.1) is 0 Å². The van der Waals surface area contributed by atoms with Gasteiger partial charge >= 0.3 is 6.18 Å². The molecule has 0 amide bonds. The zero-order chi connectivity index (χ0) is 16.0. The molecule has 0 aliphatic carbocycles. The van der Waals surface area contributed by atoms with Crippen LogP contribution >= 0.6 is 0 Å². The van der Waals surface area contributed by atoms with Crippen molar-refractivity contribution in [2.75, 3.05) is 13.7 Å². The fraction of sp³-hybridized carbons (Fsp3) is 0.294. The Bertz CT molecular complexity index is 611. The van der Waals surface area contributed by atoms with E-state index in [2.05, 4.69) is 0 Å². The molecule has 2 rings (SSSR count). The van der Waals surface area contributed by atoms with Gasteiger partial charge in [0, 0.05) is 12.0 Å². The summed E-state index contributed by atoms with van der Waals surface area (Å²) in [5, 5.41) is 2.01. The number of hydrogen-bond donors (Lipinski definition) is 1. The van der Waals surface area contributed by atoms with Crippen LogP contribution in [0, 0.1) is 0 Å². The van der Waals surface area contributed by atoms with E-state index in [1.54, 1.807) is 13.2 Å². The average molecular weight is 310 g/mol. The lowest BCUT2D eigenvalue weighted by Gasteiger charge is -2.08. The Kier molecular flexibility index (Phi) is 5.44. The highest BCUT2D eigenvalue weighted by Crippen LogP contribution is 2.29. The van der Waals surface area contributed by atoms with Gasteiger partial charge in [0.25, 0.3) is 0 Å². The molecule has 0 unspecified atom stereocenters. The van der Waals surface area contributed by atoms with Crippen LogP contribution < -0.4 is 10.1 Å². The average Bonchev–Trinajstić information content (AvgIpc) is 2.51. The minimum absolute atomic E-state index is 0.536. The summed E-state index contributed by atoms with van der Waals surface area (Å²) in [6, 6.07) is 13.3. The van der Waals surface area contributed by atoms with Crippen LogP contribution in [-0.4, -0.2) is 13.7 Å². The van der Waals surface area contributed by atoms with Crippen LogP contribution in [0.25, 0.3) is 0 Å². The first-order valence-corrected chi connectivity index (χ1v) is 7.10. The van der Waals surface area contributed by atoms with Gasteiger partial charge in [0.1, 0.15) is 12.3 Å².